The fraction of sp³-hybridized carbons (Fsp3) is 0.600. The van der Waals surface area contributed by atoms with Crippen LogP contribution < -0.4 is 5.32 Å². The first-order valence-electron chi connectivity index (χ1n) is 6.81. The van der Waals surface area contributed by atoms with Gasteiger partial charge in [-0.05, 0) is 49.8 Å². The molecule has 1 aromatic carbocycles. The summed E-state index contributed by atoms with van der Waals surface area (Å²) in [4.78, 5) is 0. The smallest absolute Gasteiger partial charge is 0.123 e. The second-order valence-corrected chi connectivity index (χ2v) is 5.40. The molecule has 3 unspecified atom stereocenters. The predicted molar refractivity (Wildman–Crippen MR) is 70.9 cm³/mol. The molecule has 0 spiro atoms. The lowest BCUT2D eigenvalue weighted by Crippen LogP contribution is -2.35. The van der Waals surface area contributed by atoms with E-state index < -0.39 is 0 Å². The monoisotopic (exact) mass is 251 g/mol. The Labute approximate surface area is 108 Å². The van der Waals surface area contributed by atoms with E-state index in [1.165, 1.54) is 6.07 Å². The molecular weight excluding hydrogens is 229 g/mol. The Morgan fingerprint density at radius 3 is 2.94 bits per heavy atom. The number of hydrogen-bond donors (Lipinski definition) is 2. The Balaban J connectivity index is 1.76. The number of halogens is 1. The molecule has 1 aliphatic rings. The normalized spacial score (nSPS) is 25.3. The molecular formula is C15H22FNO. The minimum atomic E-state index is -0.175. The third-order valence-corrected chi connectivity index (χ3v) is 3.78. The number of benzene rings is 1. The van der Waals surface area contributed by atoms with Crippen LogP contribution in [-0.4, -0.2) is 23.8 Å². The number of nitrogens with one attached hydrogen (secondary N) is 1. The Kier molecular flexibility index (Phi) is 4.72. The average Bonchev–Trinajstić information content (AvgIpc) is 2.72. The van der Waals surface area contributed by atoms with Crippen molar-refractivity contribution in [2.45, 2.75) is 44.8 Å². The Hall–Kier alpha value is -0.930. The zero-order valence-electron chi connectivity index (χ0n) is 10.9. The van der Waals surface area contributed by atoms with Crippen molar-refractivity contribution < 1.29 is 9.50 Å². The highest BCUT2D eigenvalue weighted by Crippen LogP contribution is 2.24. The van der Waals surface area contributed by atoms with Crippen molar-refractivity contribution in [2.75, 3.05) is 6.54 Å². The van der Waals surface area contributed by atoms with Gasteiger partial charge in [-0.3, -0.25) is 0 Å². The molecule has 100 valence electrons. The van der Waals surface area contributed by atoms with Crippen molar-refractivity contribution in [3.63, 3.8) is 0 Å². The third-order valence-electron chi connectivity index (χ3n) is 3.78. The highest BCUT2D eigenvalue weighted by atomic mass is 19.1. The van der Waals surface area contributed by atoms with Gasteiger partial charge in [0.05, 0.1) is 6.10 Å². The van der Waals surface area contributed by atoms with Crippen molar-refractivity contribution in [1.82, 2.24) is 5.32 Å². The summed E-state index contributed by atoms with van der Waals surface area (Å²) >= 11 is 0. The number of hydrogen-bond acceptors (Lipinski definition) is 2. The van der Waals surface area contributed by atoms with E-state index in [-0.39, 0.29) is 11.9 Å². The molecule has 1 aliphatic carbocycles. The van der Waals surface area contributed by atoms with Crippen LogP contribution in [0, 0.1) is 11.7 Å². The first-order valence-corrected chi connectivity index (χ1v) is 6.81. The van der Waals surface area contributed by atoms with Gasteiger partial charge in [-0.1, -0.05) is 18.6 Å². The van der Waals surface area contributed by atoms with Gasteiger partial charge < -0.3 is 10.4 Å². The van der Waals surface area contributed by atoms with Crippen LogP contribution in [0.4, 0.5) is 4.39 Å². The first-order chi connectivity index (χ1) is 8.65. The van der Waals surface area contributed by atoms with Gasteiger partial charge in [-0.25, -0.2) is 4.39 Å². The molecule has 1 fully saturated rings. The quantitative estimate of drug-likeness (QED) is 0.842. The summed E-state index contributed by atoms with van der Waals surface area (Å²) in [5.41, 5.74) is 1.02. The number of aliphatic hydroxyl groups excluding tert-OH is 1. The second kappa shape index (κ2) is 6.30. The van der Waals surface area contributed by atoms with E-state index in [4.69, 9.17) is 0 Å². The van der Waals surface area contributed by atoms with Gasteiger partial charge in [0, 0.05) is 12.6 Å². The van der Waals surface area contributed by atoms with Crippen LogP contribution in [0.1, 0.15) is 31.7 Å². The van der Waals surface area contributed by atoms with Crippen LogP contribution in [0.2, 0.25) is 0 Å². The standard InChI is InChI=1S/C15H22FNO/c1-11(8-12-4-2-6-14(16)9-12)17-10-13-5-3-7-15(13)18/h2,4,6,9,11,13,15,17-18H,3,5,7-8,10H2,1H3. The van der Waals surface area contributed by atoms with E-state index in [9.17, 15) is 9.50 Å². The molecule has 1 aromatic rings. The maximum atomic E-state index is 13.0. The van der Waals surface area contributed by atoms with Gasteiger partial charge in [0.2, 0.25) is 0 Å². The molecule has 2 rings (SSSR count). The first kappa shape index (κ1) is 13.5. The van der Waals surface area contributed by atoms with Crippen molar-refractivity contribution in [1.29, 1.82) is 0 Å². The summed E-state index contributed by atoms with van der Waals surface area (Å²) in [6, 6.07) is 7.06. The maximum Gasteiger partial charge on any atom is 0.123 e. The van der Waals surface area contributed by atoms with E-state index in [0.29, 0.717) is 12.0 Å². The van der Waals surface area contributed by atoms with Crippen LogP contribution in [0.3, 0.4) is 0 Å². The largest absolute Gasteiger partial charge is 0.393 e. The lowest BCUT2D eigenvalue weighted by Gasteiger charge is -2.19. The molecule has 2 N–H and O–H groups in total. The number of rotatable bonds is 5. The summed E-state index contributed by atoms with van der Waals surface area (Å²) in [5.74, 6) is 0.214. The summed E-state index contributed by atoms with van der Waals surface area (Å²) in [5, 5.41) is 13.2. The molecule has 18 heavy (non-hydrogen) atoms. The van der Waals surface area contributed by atoms with E-state index in [2.05, 4.69) is 12.2 Å². The van der Waals surface area contributed by atoms with Crippen LogP contribution in [0.15, 0.2) is 24.3 Å². The zero-order valence-corrected chi connectivity index (χ0v) is 10.9. The van der Waals surface area contributed by atoms with Gasteiger partial charge in [-0.2, -0.15) is 0 Å². The molecule has 2 nitrogen and oxygen atoms in total. The molecule has 3 atom stereocenters. The van der Waals surface area contributed by atoms with E-state index >= 15 is 0 Å². The summed E-state index contributed by atoms with van der Waals surface area (Å²) in [6.45, 7) is 2.96. The second-order valence-electron chi connectivity index (χ2n) is 5.40. The average molecular weight is 251 g/mol. The molecule has 0 heterocycles. The lowest BCUT2D eigenvalue weighted by molar-refractivity contribution is 0.130. The van der Waals surface area contributed by atoms with Gasteiger partial charge in [0.1, 0.15) is 5.82 Å². The molecule has 0 aliphatic heterocycles. The molecule has 1 saturated carbocycles. The van der Waals surface area contributed by atoms with Crippen LogP contribution in [-0.2, 0) is 6.42 Å². The van der Waals surface area contributed by atoms with Gasteiger partial charge >= 0.3 is 0 Å². The van der Waals surface area contributed by atoms with E-state index in [1.807, 2.05) is 6.07 Å². The van der Waals surface area contributed by atoms with Gasteiger partial charge in [0.15, 0.2) is 0 Å². The number of aliphatic hydroxyl groups is 1. The van der Waals surface area contributed by atoms with Crippen molar-refractivity contribution in [3.8, 4) is 0 Å². The summed E-state index contributed by atoms with van der Waals surface area (Å²) in [7, 11) is 0. The molecule has 3 heteroatoms. The summed E-state index contributed by atoms with van der Waals surface area (Å²) in [6.07, 6.45) is 3.86. The van der Waals surface area contributed by atoms with Crippen molar-refractivity contribution in [2.24, 2.45) is 5.92 Å². The molecule has 0 radical (unpaired) electrons. The van der Waals surface area contributed by atoms with Crippen LogP contribution in [0.25, 0.3) is 0 Å². The van der Waals surface area contributed by atoms with E-state index in [0.717, 1.165) is 37.8 Å². The zero-order chi connectivity index (χ0) is 13.0. The molecule has 0 amide bonds. The predicted octanol–water partition coefficient (Wildman–Crippen LogP) is 2.51. The fourth-order valence-corrected chi connectivity index (χ4v) is 2.70. The third kappa shape index (κ3) is 3.79. The highest BCUT2D eigenvalue weighted by molar-refractivity contribution is 5.17. The molecule has 0 aromatic heterocycles. The fourth-order valence-electron chi connectivity index (χ4n) is 2.70. The van der Waals surface area contributed by atoms with Gasteiger partial charge in [0.25, 0.3) is 0 Å². The topological polar surface area (TPSA) is 32.3 Å². The Morgan fingerprint density at radius 2 is 2.28 bits per heavy atom. The van der Waals surface area contributed by atoms with Gasteiger partial charge in [-0.15, -0.1) is 0 Å². The van der Waals surface area contributed by atoms with Crippen molar-refractivity contribution >= 4 is 0 Å². The summed E-state index contributed by atoms with van der Waals surface area (Å²) < 4.78 is 13.0. The SMILES string of the molecule is CC(Cc1cccc(F)c1)NCC1CCCC1O. The van der Waals surface area contributed by atoms with Crippen LogP contribution >= 0.6 is 0 Å². The van der Waals surface area contributed by atoms with Crippen molar-refractivity contribution in [3.05, 3.63) is 35.6 Å². The lowest BCUT2D eigenvalue weighted by atomic mass is 10.0. The highest BCUT2D eigenvalue weighted by Gasteiger charge is 2.24. The molecule has 0 bridgehead atoms. The molecule has 0 saturated heterocycles. The Bertz CT molecular complexity index is 383. The minimum absolute atomic E-state index is 0.140. The van der Waals surface area contributed by atoms with Crippen LogP contribution in [0.5, 0.6) is 0 Å². The Morgan fingerprint density at radius 1 is 1.44 bits per heavy atom. The minimum Gasteiger partial charge on any atom is -0.393 e. The maximum absolute atomic E-state index is 13.0. The van der Waals surface area contributed by atoms with E-state index in [1.54, 1.807) is 12.1 Å².